The van der Waals surface area contributed by atoms with Crippen molar-refractivity contribution in [2.75, 3.05) is 0 Å². The molecule has 1 aliphatic carbocycles. The number of hydrogen-bond donors (Lipinski definition) is 0. The third kappa shape index (κ3) is 3.11. The Morgan fingerprint density at radius 2 is 1.91 bits per heavy atom. The Labute approximate surface area is 132 Å². The smallest absolute Gasteiger partial charge is 0.190 e. The maximum Gasteiger partial charge on any atom is 0.190 e. The molecule has 0 atom stereocenters. The van der Waals surface area contributed by atoms with Crippen molar-refractivity contribution >= 4 is 11.6 Å². The summed E-state index contributed by atoms with van der Waals surface area (Å²) in [5, 5.41) is 0. The molecule has 2 heteroatoms. The van der Waals surface area contributed by atoms with Crippen molar-refractivity contribution in [3.8, 4) is 0 Å². The Morgan fingerprint density at radius 3 is 2.50 bits per heavy atom. The highest BCUT2D eigenvalue weighted by Crippen LogP contribution is 2.30. The van der Waals surface area contributed by atoms with Crippen LogP contribution in [0.5, 0.6) is 0 Å². The van der Waals surface area contributed by atoms with E-state index < -0.39 is 0 Å². The molecule has 0 aliphatic heterocycles. The third-order valence-electron chi connectivity index (χ3n) is 4.24. The summed E-state index contributed by atoms with van der Waals surface area (Å²) >= 11 is 0. The van der Waals surface area contributed by atoms with E-state index in [0.29, 0.717) is 16.7 Å². The van der Waals surface area contributed by atoms with Crippen LogP contribution in [0.2, 0.25) is 0 Å². The maximum absolute atomic E-state index is 12.6. The van der Waals surface area contributed by atoms with Gasteiger partial charge in [0.05, 0.1) is 0 Å². The molecule has 0 fully saturated rings. The van der Waals surface area contributed by atoms with Crippen molar-refractivity contribution in [1.29, 1.82) is 0 Å². The van der Waals surface area contributed by atoms with Crippen LogP contribution >= 0.6 is 0 Å². The van der Waals surface area contributed by atoms with Crippen LogP contribution in [-0.4, -0.2) is 11.6 Å². The number of ketones is 2. The van der Waals surface area contributed by atoms with Crippen LogP contribution in [-0.2, 0) is 6.42 Å². The fourth-order valence-corrected chi connectivity index (χ4v) is 2.98. The van der Waals surface area contributed by atoms with Crippen molar-refractivity contribution in [3.05, 3.63) is 58.2 Å². The molecule has 1 aromatic carbocycles. The highest BCUT2D eigenvalue weighted by atomic mass is 16.1. The van der Waals surface area contributed by atoms with Gasteiger partial charge in [-0.25, -0.2) is 0 Å². The molecule has 0 bridgehead atoms. The summed E-state index contributed by atoms with van der Waals surface area (Å²) in [6, 6.07) is 3.77. The van der Waals surface area contributed by atoms with Gasteiger partial charge in [0.1, 0.15) is 0 Å². The second-order valence-corrected chi connectivity index (χ2v) is 6.54. The minimum atomic E-state index is -0.0210. The lowest BCUT2D eigenvalue weighted by molar-refractivity contribution is 0.0976. The summed E-state index contributed by atoms with van der Waals surface area (Å²) in [5.41, 5.74) is 5.07. The number of allylic oxidation sites excluding steroid dienone is 3. The molecular weight excluding hydrogens is 272 g/mol. The van der Waals surface area contributed by atoms with Crippen LogP contribution < -0.4 is 0 Å². The van der Waals surface area contributed by atoms with Gasteiger partial charge in [0, 0.05) is 16.7 Å². The lowest BCUT2D eigenvalue weighted by Crippen LogP contribution is -2.22. The van der Waals surface area contributed by atoms with E-state index in [2.05, 4.69) is 6.58 Å². The Morgan fingerprint density at radius 1 is 1.23 bits per heavy atom. The molecule has 0 radical (unpaired) electrons. The number of aryl methyl sites for hydroxylation is 1. The Balaban J connectivity index is 2.44. The van der Waals surface area contributed by atoms with Gasteiger partial charge in [-0.1, -0.05) is 31.6 Å². The molecule has 0 saturated carbocycles. The molecule has 22 heavy (non-hydrogen) atoms. The summed E-state index contributed by atoms with van der Waals surface area (Å²) in [7, 11) is 0. The van der Waals surface area contributed by atoms with E-state index >= 15 is 0 Å². The summed E-state index contributed by atoms with van der Waals surface area (Å²) in [5.74, 6) is 0.0517. The van der Waals surface area contributed by atoms with Crippen molar-refractivity contribution in [1.82, 2.24) is 0 Å². The van der Waals surface area contributed by atoms with Gasteiger partial charge in [-0.2, -0.15) is 0 Å². The second-order valence-electron chi connectivity index (χ2n) is 6.54. The monoisotopic (exact) mass is 296 g/mol. The van der Waals surface area contributed by atoms with E-state index in [-0.39, 0.29) is 17.5 Å². The highest BCUT2D eigenvalue weighted by molar-refractivity contribution is 6.25. The van der Waals surface area contributed by atoms with Crippen molar-refractivity contribution in [2.45, 2.75) is 47.0 Å². The Hall–Kier alpha value is -1.96. The van der Waals surface area contributed by atoms with E-state index in [4.69, 9.17) is 0 Å². The van der Waals surface area contributed by atoms with Gasteiger partial charge < -0.3 is 0 Å². The average molecular weight is 296 g/mol. The summed E-state index contributed by atoms with van der Waals surface area (Å²) < 4.78 is 0. The molecule has 0 heterocycles. The molecule has 2 rings (SSSR count). The number of hydrogen-bond acceptors (Lipinski definition) is 2. The van der Waals surface area contributed by atoms with E-state index in [0.717, 1.165) is 36.0 Å². The first-order chi connectivity index (χ1) is 10.3. The molecule has 0 spiro atoms. The van der Waals surface area contributed by atoms with Gasteiger partial charge >= 0.3 is 0 Å². The quantitative estimate of drug-likeness (QED) is 0.727. The summed E-state index contributed by atoms with van der Waals surface area (Å²) in [4.78, 5) is 25.2. The first kappa shape index (κ1) is 16.4. The molecule has 0 aromatic heterocycles. The number of fused-ring (bicyclic) bond motifs is 1. The zero-order valence-corrected chi connectivity index (χ0v) is 14.0. The first-order valence-corrected chi connectivity index (χ1v) is 7.90. The topological polar surface area (TPSA) is 34.1 Å². The highest BCUT2D eigenvalue weighted by Gasteiger charge is 2.29. The normalized spacial score (nSPS) is 14.1. The van der Waals surface area contributed by atoms with Gasteiger partial charge in [0.2, 0.25) is 0 Å². The van der Waals surface area contributed by atoms with Crippen LogP contribution in [0, 0.1) is 12.8 Å². The third-order valence-corrected chi connectivity index (χ3v) is 4.24. The summed E-state index contributed by atoms with van der Waals surface area (Å²) in [6.45, 7) is 11.8. The maximum atomic E-state index is 12.6. The molecule has 1 aliphatic rings. The fraction of sp³-hybridized carbons (Fsp3) is 0.400. The zero-order valence-electron chi connectivity index (χ0n) is 14.0. The van der Waals surface area contributed by atoms with Crippen LogP contribution in [0.1, 0.15) is 65.5 Å². The number of Topliss-reactive ketones (excluding diaryl/α,β-unsaturated/α-hetero) is 1. The Bertz CT molecular complexity index is 675. The number of carbonyl (C=O) groups is 2. The number of rotatable bonds is 5. The van der Waals surface area contributed by atoms with Gasteiger partial charge in [0.15, 0.2) is 11.6 Å². The van der Waals surface area contributed by atoms with Crippen LogP contribution in [0.4, 0.5) is 0 Å². The van der Waals surface area contributed by atoms with Gasteiger partial charge in [0.25, 0.3) is 0 Å². The summed E-state index contributed by atoms with van der Waals surface area (Å²) in [6.07, 6.45) is 4.25. The van der Waals surface area contributed by atoms with Gasteiger partial charge in [-0.3, -0.25) is 9.59 Å². The molecule has 0 N–H and O–H groups in total. The van der Waals surface area contributed by atoms with Crippen molar-refractivity contribution in [2.24, 2.45) is 5.92 Å². The molecule has 0 unspecified atom stereocenters. The average Bonchev–Trinajstić information content (AvgIpc) is 2.43. The largest absolute Gasteiger partial charge is 0.289 e. The number of benzene rings is 1. The molecular formula is C20H24O2. The minimum Gasteiger partial charge on any atom is -0.289 e. The predicted octanol–water partition coefficient (Wildman–Crippen LogP) is 4.86. The second kappa shape index (κ2) is 6.43. The minimum absolute atomic E-state index is 0.00533. The predicted molar refractivity (Wildman–Crippen MR) is 90.5 cm³/mol. The lowest BCUT2D eigenvalue weighted by Gasteiger charge is -2.21. The molecule has 2 nitrogen and oxygen atoms in total. The van der Waals surface area contributed by atoms with E-state index in [1.54, 1.807) is 0 Å². The van der Waals surface area contributed by atoms with Gasteiger partial charge in [-0.05, 0) is 56.2 Å². The molecule has 1 aromatic rings. The van der Waals surface area contributed by atoms with Gasteiger partial charge in [-0.15, -0.1) is 6.58 Å². The first-order valence-electron chi connectivity index (χ1n) is 7.90. The lowest BCUT2D eigenvalue weighted by atomic mass is 9.80. The van der Waals surface area contributed by atoms with Crippen molar-refractivity contribution in [3.63, 3.8) is 0 Å². The van der Waals surface area contributed by atoms with Crippen LogP contribution in [0.15, 0.2) is 35.9 Å². The van der Waals surface area contributed by atoms with E-state index in [1.807, 2.05) is 39.8 Å². The van der Waals surface area contributed by atoms with Crippen LogP contribution in [0.25, 0.3) is 0 Å². The Kier molecular flexibility index (Phi) is 4.80. The SMILES string of the molecule is C=C(C)CCCc1c(C)ccc2c1C(=O)C=C(C(C)C)C2=O. The molecule has 0 amide bonds. The van der Waals surface area contributed by atoms with E-state index in [9.17, 15) is 9.59 Å². The molecule has 116 valence electrons. The molecule has 0 saturated heterocycles. The zero-order chi connectivity index (χ0) is 16.4. The van der Waals surface area contributed by atoms with Crippen LogP contribution in [0.3, 0.4) is 0 Å². The fourth-order valence-electron chi connectivity index (χ4n) is 2.98. The standard InChI is InChI=1S/C20H24O2/c1-12(2)7-6-8-15-14(5)9-10-16-19(15)18(21)11-17(13(3)4)20(16)22/h9-11,13H,1,6-8H2,2-5H3. The van der Waals surface area contributed by atoms with Crippen molar-refractivity contribution < 1.29 is 9.59 Å². The van der Waals surface area contributed by atoms with E-state index in [1.165, 1.54) is 6.08 Å². The number of carbonyl (C=O) groups excluding carboxylic acids is 2.